The Morgan fingerprint density at radius 2 is 1.92 bits per heavy atom. The van der Waals surface area contributed by atoms with E-state index in [4.69, 9.17) is 0 Å². The van der Waals surface area contributed by atoms with Gasteiger partial charge in [-0.2, -0.15) is 0 Å². The summed E-state index contributed by atoms with van der Waals surface area (Å²) in [4.78, 5) is 3.86. The van der Waals surface area contributed by atoms with Gasteiger partial charge in [0.25, 0.3) is 0 Å². The minimum Gasteiger partial charge on any atom is -0.418 e. The van der Waals surface area contributed by atoms with Crippen LogP contribution in [0.4, 0.5) is 17.3 Å². The molecule has 1 aromatic heterocycles. The van der Waals surface area contributed by atoms with Crippen LogP contribution in [-0.4, -0.2) is 16.8 Å². The van der Waals surface area contributed by atoms with Gasteiger partial charge in [-0.25, -0.2) is 4.98 Å². The average molecular weight is 195 g/mol. The number of allylic oxidation sites excluding steroid dienone is 1. The number of nitrogens with zero attached hydrogens (tertiary/aromatic N) is 2. The maximum atomic E-state index is 9.75. The summed E-state index contributed by atoms with van der Waals surface area (Å²) in [6.45, 7) is 4.43. The first-order valence-electron chi connectivity index (χ1n) is 3.37. The maximum absolute atomic E-state index is 9.75. The Bertz CT molecular complexity index is 225. The van der Waals surface area contributed by atoms with Crippen molar-refractivity contribution >= 4 is 7.25 Å². The van der Waals surface area contributed by atoms with E-state index < -0.39 is 7.25 Å². The molecule has 0 aromatic carbocycles. The van der Waals surface area contributed by atoms with Crippen LogP contribution in [0.15, 0.2) is 31.4 Å². The molecule has 0 unspecified atom stereocenters. The molecule has 13 heavy (non-hydrogen) atoms. The predicted molar refractivity (Wildman–Crippen MR) is 42.6 cm³/mol. The monoisotopic (exact) mass is 195 g/mol. The Morgan fingerprint density at radius 1 is 1.38 bits per heavy atom. The molecule has 2 nitrogen and oxygen atoms in total. The van der Waals surface area contributed by atoms with E-state index in [9.17, 15) is 17.3 Å². The molecule has 0 amide bonds. The van der Waals surface area contributed by atoms with E-state index in [0.29, 0.717) is 0 Å². The molecule has 0 aliphatic carbocycles. The molecule has 0 bridgehead atoms. The highest BCUT2D eigenvalue weighted by Gasteiger charge is 2.20. The third-order valence-corrected chi connectivity index (χ3v) is 0.899. The standard InChI is InChI=1S/C6H8N2.BF4/c1-2-4-8-5-3-7-6-8;2-1(3,4)5/h2-3,5-6H,1,4H2;/q;-1. The van der Waals surface area contributed by atoms with Crippen molar-refractivity contribution in [3.05, 3.63) is 31.4 Å². The van der Waals surface area contributed by atoms with Gasteiger partial charge >= 0.3 is 7.25 Å². The van der Waals surface area contributed by atoms with Crippen molar-refractivity contribution in [3.8, 4) is 0 Å². The number of rotatable bonds is 2. The fourth-order valence-corrected chi connectivity index (χ4v) is 0.544. The number of hydrogen-bond acceptors (Lipinski definition) is 1. The third-order valence-electron chi connectivity index (χ3n) is 0.899. The van der Waals surface area contributed by atoms with Gasteiger partial charge in [0.2, 0.25) is 0 Å². The summed E-state index contributed by atoms with van der Waals surface area (Å²) in [5.41, 5.74) is 0. The zero-order valence-electron chi connectivity index (χ0n) is 6.71. The Labute approximate surface area is 73.0 Å². The van der Waals surface area contributed by atoms with E-state index in [1.165, 1.54) is 0 Å². The molecule has 0 radical (unpaired) electrons. The lowest BCUT2D eigenvalue weighted by molar-refractivity contribution is 0.368. The lowest BCUT2D eigenvalue weighted by atomic mass is 10.3. The number of aromatic nitrogens is 2. The highest BCUT2D eigenvalue weighted by molar-refractivity contribution is 6.50. The minimum absolute atomic E-state index is 0.847. The van der Waals surface area contributed by atoms with E-state index in [1.807, 2.05) is 16.8 Å². The van der Waals surface area contributed by atoms with Crippen LogP contribution in [-0.2, 0) is 6.54 Å². The molecular formula is C6H8BF4N2-. The van der Waals surface area contributed by atoms with E-state index in [2.05, 4.69) is 11.6 Å². The fourth-order valence-electron chi connectivity index (χ4n) is 0.544. The quantitative estimate of drug-likeness (QED) is 0.402. The largest absolute Gasteiger partial charge is 0.673 e. The first-order valence-corrected chi connectivity index (χ1v) is 3.37. The molecular weight excluding hydrogens is 187 g/mol. The Hall–Kier alpha value is -1.27. The van der Waals surface area contributed by atoms with Crippen molar-refractivity contribution in [2.45, 2.75) is 6.54 Å². The summed E-state index contributed by atoms with van der Waals surface area (Å²) < 4.78 is 41.0. The molecule has 0 spiro atoms. The van der Waals surface area contributed by atoms with Gasteiger partial charge in [0.1, 0.15) is 0 Å². The van der Waals surface area contributed by atoms with E-state index in [-0.39, 0.29) is 0 Å². The van der Waals surface area contributed by atoms with Crippen molar-refractivity contribution in [1.82, 2.24) is 9.55 Å². The van der Waals surface area contributed by atoms with Crippen molar-refractivity contribution in [3.63, 3.8) is 0 Å². The molecule has 74 valence electrons. The summed E-state index contributed by atoms with van der Waals surface area (Å²) in [6, 6.07) is 0. The summed E-state index contributed by atoms with van der Waals surface area (Å²) in [5, 5.41) is 0. The molecule has 0 atom stereocenters. The molecule has 1 rings (SSSR count). The second kappa shape index (κ2) is 5.39. The van der Waals surface area contributed by atoms with Crippen LogP contribution in [0.3, 0.4) is 0 Å². The van der Waals surface area contributed by atoms with Crippen LogP contribution in [0, 0.1) is 0 Å². The van der Waals surface area contributed by atoms with E-state index in [1.54, 1.807) is 12.5 Å². The van der Waals surface area contributed by atoms with Gasteiger partial charge in [0.15, 0.2) is 0 Å². The van der Waals surface area contributed by atoms with Gasteiger partial charge < -0.3 is 21.8 Å². The van der Waals surface area contributed by atoms with Crippen LogP contribution in [0.25, 0.3) is 0 Å². The number of imidazole rings is 1. The molecule has 0 aliphatic heterocycles. The average Bonchev–Trinajstić information content (AvgIpc) is 2.36. The maximum Gasteiger partial charge on any atom is 0.673 e. The zero-order chi connectivity index (χ0) is 10.3. The van der Waals surface area contributed by atoms with Crippen LogP contribution in [0.5, 0.6) is 0 Å². The molecule has 0 saturated heterocycles. The highest BCUT2D eigenvalue weighted by atomic mass is 19.5. The van der Waals surface area contributed by atoms with E-state index in [0.717, 1.165) is 6.54 Å². The molecule has 0 saturated carbocycles. The number of hydrogen-bond donors (Lipinski definition) is 0. The minimum atomic E-state index is -6.00. The summed E-state index contributed by atoms with van der Waals surface area (Å²) >= 11 is 0. The Morgan fingerprint density at radius 3 is 2.23 bits per heavy atom. The topological polar surface area (TPSA) is 17.8 Å². The smallest absolute Gasteiger partial charge is 0.418 e. The van der Waals surface area contributed by atoms with Gasteiger partial charge in [-0.05, 0) is 0 Å². The zero-order valence-corrected chi connectivity index (χ0v) is 6.71. The molecule has 0 aliphatic rings. The lowest BCUT2D eigenvalue weighted by Crippen LogP contribution is -2.02. The summed E-state index contributed by atoms with van der Waals surface area (Å²) in [7, 11) is -6.00. The van der Waals surface area contributed by atoms with Gasteiger partial charge in [0, 0.05) is 18.9 Å². The summed E-state index contributed by atoms with van der Waals surface area (Å²) in [6.07, 6.45) is 7.26. The van der Waals surface area contributed by atoms with Gasteiger partial charge in [-0.15, -0.1) is 6.58 Å². The Kier molecular flexibility index (Phi) is 4.87. The normalized spacial score (nSPS) is 10.2. The molecule has 7 heteroatoms. The SMILES string of the molecule is C=CCn1ccnc1.F[B-](F)(F)F. The highest BCUT2D eigenvalue weighted by Crippen LogP contribution is 2.06. The van der Waals surface area contributed by atoms with Crippen molar-refractivity contribution < 1.29 is 17.3 Å². The first-order chi connectivity index (χ1) is 5.93. The predicted octanol–water partition coefficient (Wildman–Crippen LogP) is 2.37. The van der Waals surface area contributed by atoms with Gasteiger partial charge in [-0.3, -0.25) is 0 Å². The Balaban J connectivity index is 0.000000252. The fraction of sp³-hybridized carbons (Fsp3) is 0.167. The first kappa shape index (κ1) is 11.7. The summed E-state index contributed by atoms with van der Waals surface area (Å²) in [5.74, 6) is 0. The molecule has 0 fully saturated rings. The lowest BCUT2D eigenvalue weighted by Gasteiger charge is -1.94. The molecule has 1 aromatic rings. The van der Waals surface area contributed by atoms with Crippen molar-refractivity contribution in [2.75, 3.05) is 0 Å². The van der Waals surface area contributed by atoms with Crippen LogP contribution in [0.2, 0.25) is 0 Å². The second-order valence-electron chi connectivity index (χ2n) is 2.04. The van der Waals surface area contributed by atoms with Crippen molar-refractivity contribution in [2.24, 2.45) is 0 Å². The van der Waals surface area contributed by atoms with Crippen LogP contribution in [0.1, 0.15) is 0 Å². The van der Waals surface area contributed by atoms with Gasteiger partial charge in [-0.1, -0.05) is 6.08 Å². The van der Waals surface area contributed by atoms with Crippen molar-refractivity contribution in [1.29, 1.82) is 0 Å². The van der Waals surface area contributed by atoms with Gasteiger partial charge in [0.05, 0.1) is 6.33 Å². The molecule has 0 N–H and O–H groups in total. The van der Waals surface area contributed by atoms with E-state index >= 15 is 0 Å². The van der Waals surface area contributed by atoms with Crippen LogP contribution >= 0.6 is 0 Å². The third kappa shape index (κ3) is 10.7. The number of halogens is 4. The molecule has 1 heterocycles. The van der Waals surface area contributed by atoms with Crippen LogP contribution < -0.4 is 0 Å². The second-order valence-corrected chi connectivity index (χ2v) is 2.04.